The Morgan fingerprint density at radius 2 is 1.92 bits per heavy atom. The summed E-state index contributed by atoms with van der Waals surface area (Å²) in [6.45, 7) is 12.7. The van der Waals surface area contributed by atoms with Crippen LogP contribution in [0.25, 0.3) is 0 Å². The maximum absolute atomic E-state index is 11.4. The van der Waals surface area contributed by atoms with Crippen molar-refractivity contribution < 1.29 is 4.79 Å². The fourth-order valence-electron chi connectivity index (χ4n) is 2.94. The summed E-state index contributed by atoms with van der Waals surface area (Å²) >= 11 is 0. The summed E-state index contributed by atoms with van der Waals surface area (Å²) in [5.74, 6) is 1.03. The molecule has 0 unspecified atom stereocenters. The molecule has 0 aromatic heterocycles. The van der Waals surface area contributed by atoms with Crippen LogP contribution in [0, 0.1) is 6.92 Å². The van der Waals surface area contributed by atoms with E-state index in [0.29, 0.717) is 6.54 Å². The molecule has 6 nitrogen and oxygen atoms in total. The second-order valence-electron chi connectivity index (χ2n) is 6.46. The van der Waals surface area contributed by atoms with E-state index in [-0.39, 0.29) is 29.9 Å². The molecule has 1 fully saturated rings. The van der Waals surface area contributed by atoms with Crippen molar-refractivity contribution in [3.63, 3.8) is 0 Å². The summed E-state index contributed by atoms with van der Waals surface area (Å²) in [6, 6.07) is 8.44. The largest absolute Gasteiger partial charge is 0.357 e. The zero-order valence-electron chi connectivity index (χ0n) is 16.1. The molecule has 1 saturated heterocycles. The smallest absolute Gasteiger partial charge is 0.219 e. The Hall–Kier alpha value is -1.35. The van der Waals surface area contributed by atoms with Crippen molar-refractivity contribution in [1.29, 1.82) is 0 Å². The highest BCUT2D eigenvalue weighted by Crippen LogP contribution is 2.05. The summed E-state index contributed by atoms with van der Waals surface area (Å²) in [5, 5.41) is 6.70. The molecule has 0 bridgehead atoms. The molecule has 0 spiro atoms. The van der Waals surface area contributed by atoms with E-state index < -0.39 is 0 Å². The molecule has 0 atom stereocenters. The van der Waals surface area contributed by atoms with Crippen molar-refractivity contribution in [2.75, 3.05) is 45.8 Å². The Balaban J connectivity index is 0.00000338. The second kappa shape index (κ2) is 12.1. The van der Waals surface area contributed by atoms with Crippen LogP contribution in [0.1, 0.15) is 25.0 Å². The number of benzene rings is 1. The first-order chi connectivity index (χ1) is 12.1. The Labute approximate surface area is 174 Å². The van der Waals surface area contributed by atoms with Crippen molar-refractivity contribution in [3.8, 4) is 0 Å². The zero-order valence-corrected chi connectivity index (χ0v) is 18.5. The Morgan fingerprint density at radius 1 is 1.19 bits per heavy atom. The van der Waals surface area contributed by atoms with Crippen LogP contribution in [0.15, 0.2) is 29.3 Å². The molecule has 2 rings (SSSR count). The molecule has 0 aliphatic carbocycles. The van der Waals surface area contributed by atoms with Crippen molar-refractivity contribution in [3.05, 3.63) is 35.4 Å². The van der Waals surface area contributed by atoms with Crippen LogP contribution in [0.5, 0.6) is 0 Å². The van der Waals surface area contributed by atoms with Crippen LogP contribution in [0.4, 0.5) is 0 Å². The van der Waals surface area contributed by atoms with Gasteiger partial charge in [0.05, 0.1) is 6.54 Å². The molecule has 1 aliphatic heterocycles. The number of amides is 1. The van der Waals surface area contributed by atoms with E-state index in [1.807, 2.05) is 4.90 Å². The van der Waals surface area contributed by atoms with Crippen LogP contribution < -0.4 is 10.6 Å². The highest BCUT2D eigenvalue weighted by molar-refractivity contribution is 14.0. The molecular weight excluding hydrogens is 441 g/mol. The Bertz CT molecular complexity index is 585. The number of guanidine groups is 1. The van der Waals surface area contributed by atoms with Crippen molar-refractivity contribution in [2.24, 2.45) is 4.99 Å². The maximum atomic E-state index is 11.4. The maximum Gasteiger partial charge on any atom is 0.219 e. The van der Waals surface area contributed by atoms with E-state index in [9.17, 15) is 4.79 Å². The lowest BCUT2D eigenvalue weighted by molar-refractivity contribution is -0.130. The van der Waals surface area contributed by atoms with E-state index in [1.54, 1.807) is 6.92 Å². The zero-order chi connectivity index (χ0) is 18.1. The lowest BCUT2D eigenvalue weighted by atomic mass is 10.1. The first-order valence-electron chi connectivity index (χ1n) is 9.14. The van der Waals surface area contributed by atoms with E-state index >= 15 is 0 Å². The van der Waals surface area contributed by atoms with E-state index in [0.717, 1.165) is 51.8 Å². The molecule has 7 heteroatoms. The van der Waals surface area contributed by atoms with Crippen LogP contribution in [0.2, 0.25) is 0 Å². The third-order valence-corrected chi connectivity index (χ3v) is 4.38. The fraction of sp³-hybridized carbons (Fsp3) is 0.579. The minimum Gasteiger partial charge on any atom is -0.357 e. The summed E-state index contributed by atoms with van der Waals surface area (Å²) in [6.07, 6.45) is 0. The van der Waals surface area contributed by atoms with Gasteiger partial charge < -0.3 is 15.5 Å². The van der Waals surface area contributed by atoms with E-state index in [2.05, 4.69) is 58.6 Å². The molecule has 1 amide bonds. The average Bonchev–Trinajstić information content (AvgIpc) is 2.60. The molecule has 1 heterocycles. The van der Waals surface area contributed by atoms with Crippen LogP contribution in [0.3, 0.4) is 0 Å². The number of piperazine rings is 1. The number of carbonyl (C=O) groups is 1. The predicted molar refractivity (Wildman–Crippen MR) is 118 cm³/mol. The van der Waals surface area contributed by atoms with Crippen molar-refractivity contribution in [2.45, 2.75) is 27.3 Å². The number of nitrogens with zero attached hydrogens (tertiary/aromatic N) is 3. The topological polar surface area (TPSA) is 60.0 Å². The van der Waals surface area contributed by atoms with E-state index in [4.69, 9.17) is 0 Å². The number of nitrogens with one attached hydrogen (secondary N) is 2. The minimum atomic E-state index is 0. The van der Waals surface area contributed by atoms with Gasteiger partial charge in [-0.05, 0) is 19.4 Å². The molecule has 146 valence electrons. The molecule has 26 heavy (non-hydrogen) atoms. The number of halogens is 1. The van der Waals surface area contributed by atoms with Gasteiger partial charge in [0.1, 0.15) is 0 Å². The van der Waals surface area contributed by atoms with Gasteiger partial charge in [-0.15, -0.1) is 24.0 Å². The van der Waals surface area contributed by atoms with Gasteiger partial charge in [-0.3, -0.25) is 9.69 Å². The van der Waals surface area contributed by atoms with Crippen LogP contribution >= 0.6 is 24.0 Å². The number of aryl methyl sites for hydroxylation is 1. The first kappa shape index (κ1) is 22.7. The summed E-state index contributed by atoms with van der Waals surface area (Å²) in [5.41, 5.74) is 2.48. The molecule has 0 saturated carbocycles. The lowest BCUT2D eigenvalue weighted by Crippen LogP contribution is -2.50. The number of hydrogen-bond acceptors (Lipinski definition) is 3. The highest BCUT2D eigenvalue weighted by Gasteiger charge is 2.17. The Morgan fingerprint density at radius 3 is 2.54 bits per heavy atom. The third kappa shape index (κ3) is 7.90. The van der Waals surface area contributed by atoms with Gasteiger partial charge in [0, 0.05) is 52.7 Å². The third-order valence-electron chi connectivity index (χ3n) is 4.38. The SMILES string of the molecule is CCNC(=NCc1cccc(C)c1)NCCN1CCN(C(C)=O)CC1.I. The van der Waals surface area contributed by atoms with Gasteiger partial charge in [-0.2, -0.15) is 0 Å². The van der Waals surface area contributed by atoms with Crippen LogP contribution in [-0.4, -0.2) is 67.5 Å². The van der Waals surface area contributed by atoms with Gasteiger partial charge >= 0.3 is 0 Å². The summed E-state index contributed by atoms with van der Waals surface area (Å²) < 4.78 is 0. The van der Waals surface area contributed by atoms with Gasteiger partial charge in [0.15, 0.2) is 5.96 Å². The number of rotatable bonds is 6. The first-order valence-corrected chi connectivity index (χ1v) is 9.14. The van der Waals surface area contributed by atoms with Gasteiger partial charge in [-0.25, -0.2) is 4.99 Å². The molecule has 1 aliphatic rings. The summed E-state index contributed by atoms with van der Waals surface area (Å²) in [4.78, 5) is 20.3. The molecule has 0 radical (unpaired) electrons. The van der Waals surface area contributed by atoms with Crippen molar-refractivity contribution >= 4 is 35.8 Å². The average molecular weight is 473 g/mol. The molecular formula is C19H32IN5O. The number of aliphatic imine (C=N–C) groups is 1. The number of carbonyl (C=O) groups excluding carboxylic acids is 1. The summed E-state index contributed by atoms with van der Waals surface area (Å²) in [7, 11) is 0. The lowest BCUT2D eigenvalue weighted by Gasteiger charge is -2.34. The van der Waals surface area contributed by atoms with Gasteiger partial charge in [0.25, 0.3) is 0 Å². The van der Waals surface area contributed by atoms with Gasteiger partial charge in [-0.1, -0.05) is 29.8 Å². The van der Waals surface area contributed by atoms with Crippen LogP contribution in [-0.2, 0) is 11.3 Å². The predicted octanol–water partition coefficient (Wildman–Crippen LogP) is 1.83. The van der Waals surface area contributed by atoms with Gasteiger partial charge in [0.2, 0.25) is 5.91 Å². The molecule has 1 aromatic carbocycles. The minimum absolute atomic E-state index is 0. The molecule has 1 aromatic rings. The Kier molecular flexibility index (Phi) is 10.6. The standard InChI is InChI=1S/C19H31N5O.HI/c1-4-20-19(22-15-18-7-5-6-16(2)14-18)21-8-9-23-10-12-24(13-11-23)17(3)25;/h5-7,14H,4,8-13,15H2,1-3H3,(H2,20,21,22);1H. The monoisotopic (exact) mass is 473 g/mol. The van der Waals surface area contributed by atoms with Crippen molar-refractivity contribution in [1.82, 2.24) is 20.4 Å². The fourth-order valence-corrected chi connectivity index (χ4v) is 2.94. The number of hydrogen-bond donors (Lipinski definition) is 2. The molecule has 2 N–H and O–H groups in total. The normalized spacial score (nSPS) is 15.3. The highest BCUT2D eigenvalue weighted by atomic mass is 127. The second-order valence-corrected chi connectivity index (χ2v) is 6.46. The quantitative estimate of drug-likeness (QED) is 0.376. The van der Waals surface area contributed by atoms with E-state index in [1.165, 1.54) is 11.1 Å².